The Hall–Kier alpha value is -2.31. The normalized spacial score (nSPS) is 21.1. The fraction of sp³-hybridized carbons (Fsp3) is 0.444. The fourth-order valence-electron chi connectivity index (χ4n) is 2.90. The van der Waals surface area contributed by atoms with Crippen LogP contribution in [-0.2, 0) is 4.79 Å². The molecule has 1 amide bonds. The molecule has 1 heterocycles. The lowest BCUT2D eigenvalue weighted by molar-refractivity contribution is -0.183. The number of amides is 1. The fourth-order valence-corrected chi connectivity index (χ4v) is 2.90. The van der Waals surface area contributed by atoms with Gasteiger partial charge in [0.05, 0.1) is 24.9 Å². The number of hydrogen-bond donors (Lipinski definition) is 1. The summed E-state index contributed by atoms with van der Waals surface area (Å²) in [6.45, 7) is 3.38. The number of alkyl halides is 3. The molecule has 7 heteroatoms. The smallest absolute Gasteiger partial charge is 0.391 e. The molecule has 0 saturated heterocycles. The average Bonchev–Trinajstić information content (AvgIpc) is 2.59. The molecule has 1 fully saturated rings. The van der Waals surface area contributed by atoms with Crippen LogP contribution in [0.2, 0.25) is 0 Å². The second kappa shape index (κ2) is 8.18. The summed E-state index contributed by atoms with van der Waals surface area (Å²) in [7, 11) is 1.48. The molecule has 1 N–H and O–H groups in total. The zero-order valence-electron chi connectivity index (χ0n) is 14.0. The minimum atomic E-state index is -4.10. The van der Waals surface area contributed by atoms with Crippen molar-refractivity contribution in [3.8, 4) is 5.88 Å². The maximum absolute atomic E-state index is 12.7. The van der Waals surface area contributed by atoms with Gasteiger partial charge in [0.2, 0.25) is 11.8 Å². The highest BCUT2D eigenvalue weighted by molar-refractivity contribution is 5.98. The Bertz CT molecular complexity index is 648. The average molecular weight is 354 g/mol. The van der Waals surface area contributed by atoms with Crippen molar-refractivity contribution in [2.75, 3.05) is 12.4 Å². The number of carbonyl (C=O) groups excluding carboxylic acids is 1. The van der Waals surface area contributed by atoms with Gasteiger partial charge in [-0.25, -0.2) is 4.98 Å². The Morgan fingerprint density at radius 3 is 2.60 bits per heavy atom. The van der Waals surface area contributed by atoms with Gasteiger partial charge < -0.3 is 10.1 Å². The lowest BCUT2D eigenvalue weighted by atomic mass is 9.81. The number of nitrogens with one attached hydrogen (secondary N) is 1. The molecule has 0 aromatic carbocycles. The third-order valence-electron chi connectivity index (χ3n) is 4.31. The number of allylic oxidation sites excluding steroid dienone is 1. The summed E-state index contributed by atoms with van der Waals surface area (Å²) in [5.74, 6) is -1.07. The summed E-state index contributed by atoms with van der Waals surface area (Å²) in [6, 6.07) is 1.70. The van der Waals surface area contributed by atoms with Gasteiger partial charge in [-0.1, -0.05) is 18.7 Å². The molecule has 4 nitrogen and oxygen atoms in total. The molecule has 0 unspecified atom stereocenters. The Kier molecular flexibility index (Phi) is 6.22. The van der Waals surface area contributed by atoms with Gasteiger partial charge in [0.1, 0.15) is 0 Å². The molecule has 136 valence electrons. The predicted molar refractivity (Wildman–Crippen MR) is 90.2 cm³/mol. The lowest BCUT2D eigenvalue weighted by Crippen LogP contribution is -2.27. The molecule has 0 spiro atoms. The van der Waals surface area contributed by atoms with Crippen molar-refractivity contribution >= 4 is 17.7 Å². The van der Waals surface area contributed by atoms with Gasteiger partial charge in [-0.3, -0.25) is 4.79 Å². The van der Waals surface area contributed by atoms with Gasteiger partial charge in [-0.15, -0.1) is 0 Å². The van der Waals surface area contributed by atoms with Crippen LogP contribution in [0.4, 0.5) is 18.9 Å². The van der Waals surface area contributed by atoms with Crippen LogP contribution in [0.15, 0.2) is 31.0 Å². The maximum Gasteiger partial charge on any atom is 0.391 e. The molecule has 0 radical (unpaired) electrons. The van der Waals surface area contributed by atoms with E-state index in [-0.39, 0.29) is 24.7 Å². The quantitative estimate of drug-likeness (QED) is 0.787. The van der Waals surface area contributed by atoms with Crippen LogP contribution >= 0.6 is 0 Å². The highest BCUT2D eigenvalue weighted by Gasteiger charge is 2.40. The lowest BCUT2D eigenvalue weighted by Gasteiger charge is -2.28. The minimum Gasteiger partial charge on any atom is -0.481 e. The van der Waals surface area contributed by atoms with Crippen molar-refractivity contribution in [3.05, 3.63) is 36.6 Å². The van der Waals surface area contributed by atoms with Crippen molar-refractivity contribution in [1.29, 1.82) is 0 Å². The monoisotopic (exact) mass is 354 g/mol. The summed E-state index contributed by atoms with van der Waals surface area (Å²) in [5, 5.41) is 2.61. The van der Waals surface area contributed by atoms with Crippen molar-refractivity contribution in [1.82, 2.24) is 4.98 Å². The third-order valence-corrected chi connectivity index (χ3v) is 4.31. The number of hydrogen-bond acceptors (Lipinski definition) is 3. The number of anilines is 1. The van der Waals surface area contributed by atoms with Gasteiger partial charge in [0.25, 0.3) is 0 Å². The van der Waals surface area contributed by atoms with Crippen molar-refractivity contribution in [2.24, 2.45) is 11.8 Å². The molecule has 25 heavy (non-hydrogen) atoms. The van der Waals surface area contributed by atoms with Crippen LogP contribution in [0.1, 0.15) is 31.2 Å². The first kappa shape index (κ1) is 19.0. The molecule has 1 saturated carbocycles. The number of rotatable bonds is 5. The number of methoxy groups -OCH3 is 1. The summed E-state index contributed by atoms with van der Waals surface area (Å²) >= 11 is 0. The Morgan fingerprint density at radius 1 is 1.36 bits per heavy atom. The van der Waals surface area contributed by atoms with E-state index in [1.807, 2.05) is 6.08 Å². The summed E-state index contributed by atoms with van der Waals surface area (Å²) < 4.78 is 43.3. The summed E-state index contributed by atoms with van der Waals surface area (Å²) in [6.07, 6.45) is 3.52. The van der Waals surface area contributed by atoms with Crippen LogP contribution in [-0.4, -0.2) is 24.2 Å². The number of pyridine rings is 1. The van der Waals surface area contributed by atoms with Crippen LogP contribution < -0.4 is 10.1 Å². The first-order valence-corrected chi connectivity index (χ1v) is 8.06. The molecule has 0 bridgehead atoms. The second-order valence-electron chi connectivity index (χ2n) is 6.03. The number of carbonyl (C=O) groups is 1. The Balaban J connectivity index is 2.05. The number of ether oxygens (including phenoxy) is 1. The Labute approximate surface area is 144 Å². The molecule has 1 aromatic heterocycles. The van der Waals surface area contributed by atoms with Gasteiger partial charge in [0.15, 0.2) is 0 Å². The van der Waals surface area contributed by atoms with Crippen LogP contribution in [0, 0.1) is 11.8 Å². The number of aromatic nitrogens is 1. The molecule has 1 aliphatic carbocycles. The van der Waals surface area contributed by atoms with E-state index in [9.17, 15) is 18.0 Å². The van der Waals surface area contributed by atoms with E-state index in [4.69, 9.17) is 4.74 Å². The minimum absolute atomic E-state index is 0.0923. The van der Waals surface area contributed by atoms with Crippen molar-refractivity contribution in [2.45, 2.75) is 31.9 Å². The molecule has 0 atom stereocenters. The second-order valence-corrected chi connectivity index (χ2v) is 6.03. The predicted octanol–water partition coefficient (Wildman–Crippen LogP) is 4.60. The van der Waals surface area contributed by atoms with Crippen molar-refractivity contribution < 1.29 is 22.7 Å². The molecular weight excluding hydrogens is 333 g/mol. The molecule has 2 rings (SSSR count). The van der Waals surface area contributed by atoms with Crippen LogP contribution in [0.25, 0.3) is 6.08 Å². The van der Waals surface area contributed by atoms with Crippen LogP contribution in [0.3, 0.4) is 0 Å². The zero-order chi connectivity index (χ0) is 18.4. The highest BCUT2D eigenvalue weighted by atomic mass is 19.4. The molecule has 1 aliphatic rings. The van der Waals surface area contributed by atoms with E-state index in [1.54, 1.807) is 12.1 Å². The van der Waals surface area contributed by atoms with E-state index in [0.29, 0.717) is 30.0 Å². The standard InChI is InChI=1S/C18H21F3N2O2/c1-3-16(24)23-15-10-13(17(25-2)22-11-15)7-4-12-5-8-14(9-6-12)18(19,20)21/h3-4,7,10-12,14H,1,5-6,8-9H2,2H3,(H,23,24)/b7-4+. The Morgan fingerprint density at radius 2 is 2.04 bits per heavy atom. The van der Waals surface area contributed by atoms with Crippen molar-refractivity contribution in [3.63, 3.8) is 0 Å². The van der Waals surface area contributed by atoms with E-state index >= 15 is 0 Å². The van der Waals surface area contributed by atoms with Gasteiger partial charge in [-0.2, -0.15) is 13.2 Å². The molecule has 1 aromatic rings. The van der Waals surface area contributed by atoms with Crippen LogP contribution in [0.5, 0.6) is 5.88 Å². The van der Waals surface area contributed by atoms with E-state index in [1.165, 1.54) is 13.3 Å². The zero-order valence-corrected chi connectivity index (χ0v) is 14.0. The topological polar surface area (TPSA) is 51.2 Å². The maximum atomic E-state index is 12.7. The third kappa shape index (κ3) is 5.34. The first-order chi connectivity index (χ1) is 11.8. The summed E-state index contributed by atoms with van der Waals surface area (Å²) in [4.78, 5) is 15.5. The van der Waals surface area contributed by atoms with E-state index in [2.05, 4.69) is 16.9 Å². The van der Waals surface area contributed by atoms with Gasteiger partial charge in [-0.05, 0) is 43.7 Å². The van der Waals surface area contributed by atoms with E-state index < -0.39 is 12.1 Å². The van der Waals surface area contributed by atoms with E-state index in [0.717, 1.165) is 6.08 Å². The largest absolute Gasteiger partial charge is 0.481 e. The number of nitrogens with zero attached hydrogens (tertiary/aromatic N) is 1. The summed E-state index contributed by atoms with van der Waals surface area (Å²) in [5.41, 5.74) is 1.15. The highest BCUT2D eigenvalue weighted by Crippen LogP contribution is 2.40. The van der Waals surface area contributed by atoms with Gasteiger partial charge >= 0.3 is 6.18 Å². The van der Waals surface area contributed by atoms with Gasteiger partial charge in [0, 0.05) is 5.56 Å². The molecular formula is C18H21F3N2O2. The SMILES string of the molecule is C=CC(=O)Nc1cnc(OC)c(/C=C/C2CCC(C(F)(F)F)CC2)c1. The molecule has 0 aliphatic heterocycles. The first-order valence-electron chi connectivity index (χ1n) is 8.06. The number of halogens is 3.